The van der Waals surface area contributed by atoms with Crippen molar-refractivity contribution in [1.29, 1.82) is 0 Å². The Morgan fingerprint density at radius 2 is 1.85 bits per heavy atom. The second-order valence-corrected chi connectivity index (χ2v) is 8.18. The number of aliphatic hydroxyl groups excluding tert-OH is 2. The molecule has 1 fully saturated rings. The van der Waals surface area contributed by atoms with Crippen LogP contribution in [0.3, 0.4) is 0 Å². The Kier molecular flexibility index (Phi) is 6.12. The van der Waals surface area contributed by atoms with E-state index in [4.69, 9.17) is 19.7 Å². The number of para-hydroxylation sites is 1. The molecule has 0 radical (unpaired) electrons. The van der Waals surface area contributed by atoms with Gasteiger partial charge in [0.05, 0.1) is 25.9 Å². The molecule has 3 rings (SSSR count). The van der Waals surface area contributed by atoms with Gasteiger partial charge in [-0.25, -0.2) is 0 Å². The summed E-state index contributed by atoms with van der Waals surface area (Å²) in [4.78, 5) is 1.94. The third-order valence-corrected chi connectivity index (χ3v) is 5.66. The first-order chi connectivity index (χ1) is 12.9. The fourth-order valence-corrected chi connectivity index (χ4v) is 4.15. The van der Waals surface area contributed by atoms with Gasteiger partial charge in [0, 0.05) is 24.6 Å². The van der Waals surface area contributed by atoms with E-state index in [1.54, 1.807) is 0 Å². The molecule has 2 aliphatic heterocycles. The lowest BCUT2D eigenvalue weighted by Crippen LogP contribution is -2.50. The van der Waals surface area contributed by atoms with Crippen molar-refractivity contribution in [3.63, 3.8) is 0 Å². The molecule has 0 bridgehead atoms. The predicted octanol–water partition coefficient (Wildman–Crippen LogP) is 2.37. The van der Waals surface area contributed by atoms with Crippen LogP contribution in [-0.4, -0.2) is 59.2 Å². The molecule has 0 unspecified atom stereocenters. The molecule has 2 N–H and O–H groups in total. The van der Waals surface area contributed by atoms with E-state index >= 15 is 0 Å². The molecule has 0 saturated carbocycles. The summed E-state index contributed by atoms with van der Waals surface area (Å²) in [5.41, 5.74) is 0.329. The number of ether oxygens (including phenoxy) is 2. The Bertz CT molecular complexity index is 702. The maximum absolute atomic E-state index is 9.13. The molecule has 2 aliphatic rings. The van der Waals surface area contributed by atoms with Crippen LogP contribution in [-0.2, 0) is 4.74 Å². The van der Waals surface area contributed by atoms with E-state index in [0.29, 0.717) is 25.6 Å². The van der Waals surface area contributed by atoms with Crippen LogP contribution in [0.25, 0.3) is 0 Å². The minimum absolute atomic E-state index is 0.0241. The van der Waals surface area contributed by atoms with Crippen LogP contribution < -0.4 is 4.74 Å². The lowest BCUT2D eigenvalue weighted by molar-refractivity contribution is -0.169. The van der Waals surface area contributed by atoms with E-state index in [0.717, 1.165) is 24.2 Å². The van der Waals surface area contributed by atoms with E-state index in [9.17, 15) is 0 Å². The van der Waals surface area contributed by atoms with Gasteiger partial charge in [0.25, 0.3) is 0 Å². The third-order valence-electron chi connectivity index (χ3n) is 5.66. The number of hydrogen-bond acceptors (Lipinski definition) is 5. The number of hydrogen-bond donors (Lipinski definition) is 2. The van der Waals surface area contributed by atoms with E-state index in [1.165, 1.54) is 0 Å². The Morgan fingerprint density at radius 3 is 2.56 bits per heavy atom. The zero-order chi connectivity index (χ0) is 19.5. The quantitative estimate of drug-likeness (QED) is 0.776. The molecule has 0 spiro atoms. The summed E-state index contributed by atoms with van der Waals surface area (Å²) in [5.74, 6) is 7.72. The van der Waals surface area contributed by atoms with Crippen molar-refractivity contribution in [3.05, 3.63) is 29.8 Å². The summed E-state index contributed by atoms with van der Waals surface area (Å²) in [6, 6.07) is 8.12. The second-order valence-electron chi connectivity index (χ2n) is 8.18. The summed E-state index contributed by atoms with van der Waals surface area (Å²) in [6.45, 7) is 7.99. The number of benzene rings is 1. The van der Waals surface area contributed by atoms with Crippen molar-refractivity contribution in [1.82, 2.24) is 4.90 Å². The van der Waals surface area contributed by atoms with Gasteiger partial charge in [0.2, 0.25) is 0 Å². The van der Waals surface area contributed by atoms with Gasteiger partial charge in [-0.1, -0.05) is 30.0 Å². The van der Waals surface area contributed by atoms with Gasteiger partial charge >= 0.3 is 0 Å². The van der Waals surface area contributed by atoms with Crippen LogP contribution in [0.15, 0.2) is 24.3 Å². The van der Waals surface area contributed by atoms with Crippen molar-refractivity contribution >= 4 is 0 Å². The number of rotatable bonds is 5. The number of nitrogens with zero attached hydrogens (tertiary/aromatic N) is 1. The topological polar surface area (TPSA) is 62.2 Å². The maximum Gasteiger partial charge on any atom is 0.126 e. The molecule has 0 amide bonds. The maximum atomic E-state index is 9.13. The first-order valence-electron chi connectivity index (χ1n) is 9.78. The highest BCUT2D eigenvalue weighted by Crippen LogP contribution is 2.52. The molecular formula is C22H31NO4. The smallest absolute Gasteiger partial charge is 0.126 e. The third kappa shape index (κ3) is 4.47. The van der Waals surface area contributed by atoms with Crippen LogP contribution in [0, 0.1) is 17.8 Å². The fourth-order valence-electron chi connectivity index (χ4n) is 4.15. The molecule has 1 saturated heterocycles. The average molecular weight is 373 g/mol. The van der Waals surface area contributed by atoms with Gasteiger partial charge in [-0.05, 0) is 39.7 Å². The minimum atomic E-state index is -0.508. The highest BCUT2D eigenvalue weighted by Gasteiger charge is 2.49. The molecule has 3 atom stereocenters. The molecular weight excluding hydrogens is 342 g/mol. The largest absolute Gasteiger partial charge is 0.487 e. The van der Waals surface area contributed by atoms with Crippen LogP contribution in [0.1, 0.15) is 45.3 Å². The molecule has 2 heterocycles. The molecule has 1 aromatic rings. The van der Waals surface area contributed by atoms with Crippen molar-refractivity contribution in [2.45, 2.75) is 50.9 Å². The van der Waals surface area contributed by atoms with Gasteiger partial charge in [-0.2, -0.15) is 0 Å². The Labute approximate surface area is 162 Å². The number of aliphatic hydroxyl groups is 2. The van der Waals surface area contributed by atoms with Gasteiger partial charge in [-0.15, -0.1) is 0 Å². The molecule has 5 heteroatoms. The van der Waals surface area contributed by atoms with Crippen LogP contribution in [0.2, 0.25) is 0 Å². The lowest BCUT2D eigenvalue weighted by Gasteiger charge is -2.50. The molecule has 148 valence electrons. The summed E-state index contributed by atoms with van der Waals surface area (Å²) in [7, 11) is 0. The molecule has 0 aromatic heterocycles. The Balaban J connectivity index is 1.77. The van der Waals surface area contributed by atoms with Gasteiger partial charge in [-0.3, -0.25) is 4.90 Å². The highest BCUT2D eigenvalue weighted by atomic mass is 16.5. The minimum Gasteiger partial charge on any atom is -0.487 e. The SMILES string of the molecule is CC1(C)Oc2ccccc2[C@H]2O[C@](C)(C#CCN(CCO)CCO)CC[C@@H]21. The fraction of sp³-hybridized carbons (Fsp3) is 0.636. The van der Waals surface area contributed by atoms with Crippen molar-refractivity contribution < 1.29 is 19.7 Å². The summed E-state index contributed by atoms with van der Waals surface area (Å²) >= 11 is 0. The summed E-state index contributed by atoms with van der Waals surface area (Å²) < 4.78 is 12.8. The first kappa shape index (κ1) is 20.2. The van der Waals surface area contributed by atoms with Crippen LogP contribution in [0.5, 0.6) is 5.75 Å². The van der Waals surface area contributed by atoms with Crippen molar-refractivity contribution in [2.75, 3.05) is 32.8 Å². The van der Waals surface area contributed by atoms with E-state index in [1.807, 2.05) is 23.1 Å². The van der Waals surface area contributed by atoms with Crippen molar-refractivity contribution in [2.24, 2.45) is 5.92 Å². The van der Waals surface area contributed by atoms with E-state index < -0.39 is 5.60 Å². The normalized spacial score (nSPS) is 28.5. The van der Waals surface area contributed by atoms with Gasteiger partial charge in [0.15, 0.2) is 0 Å². The molecule has 27 heavy (non-hydrogen) atoms. The van der Waals surface area contributed by atoms with Crippen LogP contribution >= 0.6 is 0 Å². The average Bonchev–Trinajstić information content (AvgIpc) is 2.61. The Hall–Kier alpha value is -1.58. The Morgan fingerprint density at radius 1 is 1.15 bits per heavy atom. The second kappa shape index (κ2) is 8.20. The lowest BCUT2D eigenvalue weighted by atomic mass is 9.73. The molecule has 0 aliphatic carbocycles. The standard InChI is InChI=1S/C22H31NO4/c1-21(2)18-9-11-22(3,10-6-12-23(13-15-24)14-16-25)27-20(18)17-7-4-5-8-19(17)26-21/h4-5,7-8,18,20,24-25H,9,11-16H2,1-3H3/t18-,20+,22+/m0/s1. The predicted molar refractivity (Wildman–Crippen MR) is 104 cm³/mol. The summed E-state index contributed by atoms with van der Waals surface area (Å²) in [5, 5.41) is 18.3. The van der Waals surface area contributed by atoms with Gasteiger partial charge < -0.3 is 19.7 Å². The monoisotopic (exact) mass is 373 g/mol. The van der Waals surface area contributed by atoms with Crippen molar-refractivity contribution in [3.8, 4) is 17.6 Å². The van der Waals surface area contributed by atoms with Gasteiger partial charge in [0.1, 0.15) is 17.0 Å². The zero-order valence-corrected chi connectivity index (χ0v) is 16.6. The first-order valence-corrected chi connectivity index (χ1v) is 9.78. The summed E-state index contributed by atoms with van der Waals surface area (Å²) in [6.07, 6.45) is 1.83. The molecule has 1 aromatic carbocycles. The molecule has 5 nitrogen and oxygen atoms in total. The van der Waals surface area contributed by atoms with E-state index in [2.05, 4.69) is 38.7 Å². The van der Waals surface area contributed by atoms with E-state index in [-0.39, 0.29) is 24.9 Å². The van der Waals surface area contributed by atoms with Crippen LogP contribution in [0.4, 0.5) is 0 Å². The highest BCUT2D eigenvalue weighted by molar-refractivity contribution is 5.39. The zero-order valence-electron chi connectivity index (χ0n) is 16.6. The number of fused-ring (bicyclic) bond motifs is 3.